The highest BCUT2D eigenvalue weighted by atomic mass is 35.5. The summed E-state index contributed by atoms with van der Waals surface area (Å²) in [6.07, 6.45) is -0.526. The molecule has 6 aromatic rings. The molecule has 0 saturated heterocycles. The fourth-order valence-electron chi connectivity index (χ4n) is 7.52. The maximum absolute atomic E-state index is 14.2. The zero-order valence-electron chi connectivity index (χ0n) is 32.1. The zero-order chi connectivity index (χ0) is 41.8. The number of fused-ring (bicyclic) bond motifs is 2. The van der Waals surface area contributed by atoms with Crippen molar-refractivity contribution in [3.05, 3.63) is 182 Å². The molecule has 8 rings (SSSR count). The molecule has 300 valence electrons. The van der Waals surface area contributed by atoms with Crippen LogP contribution in [0.1, 0.15) is 45.0 Å². The van der Waals surface area contributed by atoms with Crippen molar-refractivity contribution in [2.24, 2.45) is 0 Å². The van der Waals surface area contributed by atoms with E-state index in [-0.39, 0.29) is 25.4 Å². The fraction of sp³-hybridized carbons (Fsp3) is 0.167. The number of nitriles is 1. The van der Waals surface area contributed by atoms with E-state index in [1.165, 1.54) is 0 Å². The molecule has 2 heterocycles. The van der Waals surface area contributed by atoms with Gasteiger partial charge >= 0.3 is 5.97 Å². The van der Waals surface area contributed by atoms with E-state index in [1.807, 2.05) is 89.8 Å². The van der Waals surface area contributed by atoms with Crippen molar-refractivity contribution in [3.63, 3.8) is 0 Å². The number of aliphatic carboxylic acids is 1. The Bertz CT molecular complexity index is 2600. The number of carbonyl (C=O) groups is 3. The Kier molecular flexibility index (Phi) is 11.8. The first-order valence-corrected chi connectivity index (χ1v) is 20.1. The lowest BCUT2D eigenvalue weighted by Gasteiger charge is -2.37. The number of amides is 2. The van der Waals surface area contributed by atoms with Gasteiger partial charge < -0.3 is 25.2 Å². The number of rotatable bonds is 12. The van der Waals surface area contributed by atoms with Crippen molar-refractivity contribution in [1.29, 1.82) is 5.26 Å². The lowest BCUT2D eigenvalue weighted by atomic mass is 9.91. The number of carboxylic acid groups (broad SMARTS) is 1. The predicted octanol–water partition coefficient (Wildman–Crippen LogP) is 8.92. The van der Waals surface area contributed by atoms with Crippen LogP contribution in [0.5, 0.6) is 11.5 Å². The van der Waals surface area contributed by atoms with Crippen molar-refractivity contribution < 1.29 is 29.0 Å². The highest BCUT2D eigenvalue weighted by molar-refractivity contribution is 6.42. The Labute approximate surface area is 356 Å². The molecule has 2 amide bonds. The second-order valence-electron chi connectivity index (χ2n) is 14.8. The van der Waals surface area contributed by atoms with Gasteiger partial charge in [-0.2, -0.15) is 5.26 Å². The molecule has 0 saturated carbocycles. The monoisotopic (exact) mass is 836 g/mol. The standard InChI is InChI=1S/C48H38Cl2N4O6/c49-39-19-10-32(20-40(39)50)28-59-38-17-15-35(16-18-38)45-47(56)52-41-22-36-23-43(54(26-31-4-2-1-3-5-31)27-37(36)24-44(41)60-45)46(55)53-42(48(57)58)21-29-6-11-33(12-7-29)34-13-8-30(25-51)9-14-34/h1-20,22,24,42-43,45H,21,23,26-28H2,(H,52,56)(H,53,55)(H,57,58)/t42-,43-,45?/m0/s1. The third-order valence-corrected chi connectivity index (χ3v) is 11.5. The normalized spacial score (nSPS) is 16.2. The van der Waals surface area contributed by atoms with Gasteiger partial charge in [0, 0.05) is 25.1 Å². The lowest BCUT2D eigenvalue weighted by Crippen LogP contribution is -2.54. The number of carbonyl (C=O) groups excluding carboxylic acids is 2. The number of ether oxygens (including phenoxy) is 2. The van der Waals surface area contributed by atoms with Gasteiger partial charge in [-0.05, 0) is 93.9 Å². The number of nitrogens with zero attached hydrogens (tertiary/aromatic N) is 2. The molecule has 2 aliphatic heterocycles. The average Bonchev–Trinajstić information content (AvgIpc) is 3.26. The number of hydrogen-bond donors (Lipinski definition) is 3. The summed E-state index contributed by atoms with van der Waals surface area (Å²) in [7, 11) is 0. The Morgan fingerprint density at radius 2 is 1.55 bits per heavy atom. The van der Waals surface area contributed by atoms with Crippen LogP contribution in [-0.4, -0.2) is 39.9 Å². The average molecular weight is 838 g/mol. The van der Waals surface area contributed by atoms with Crippen molar-refractivity contribution in [1.82, 2.24) is 10.2 Å². The van der Waals surface area contributed by atoms with Crippen LogP contribution < -0.4 is 20.1 Å². The van der Waals surface area contributed by atoms with Gasteiger partial charge in [-0.15, -0.1) is 0 Å². The largest absolute Gasteiger partial charge is 0.489 e. The minimum Gasteiger partial charge on any atom is -0.489 e. The third kappa shape index (κ3) is 9.14. The molecule has 2 aliphatic rings. The molecule has 6 aromatic carbocycles. The molecule has 3 N–H and O–H groups in total. The maximum atomic E-state index is 14.2. The second-order valence-corrected chi connectivity index (χ2v) is 15.6. The number of hydrogen-bond acceptors (Lipinski definition) is 7. The van der Waals surface area contributed by atoms with E-state index in [1.54, 1.807) is 48.5 Å². The lowest BCUT2D eigenvalue weighted by molar-refractivity contribution is -0.142. The Morgan fingerprint density at radius 3 is 2.23 bits per heavy atom. The fourth-order valence-corrected chi connectivity index (χ4v) is 7.84. The van der Waals surface area contributed by atoms with Gasteiger partial charge in [0.25, 0.3) is 5.91 Å². The van der Waals surface area contributed by atoms with E-state index in [0.29, 0.717) is 51.4 Å². The zero-order valence-corrected chi connectivity index (χ0v) is 33.6. The number of anilines is 1. The Balaban J connectivity index is 0.972. The van der Waals surface area contributed by atoms with E-state index in [4.69, 9.17) is 37.9 Å². The van der Waals surface area contributed by atoms with Gasteiger partial charge in [0.15, 0.2) is 0 Å². The molecular formula is C48H38Cl2N4O6. The predicted molar refractivity (Wildman–Crippen MR) is 229 cm³/mol. The van der Waals surface area contributed by atoms with Crippen LogP contribution in [0.25, 0.3) is 11.1 Å². The van der Waals surface area contributed by atoms with Crippen LogP contribution in [-0.2, 0) is 46.9 Å². The van der Waals surface area contributed by atoms with Gasteiger partial charge in [-0.25, -0.2) is 4.79 Å². The first kappa shape index (κ1) is 40.2. The molecule has 60 heavy (non-hydrogen) atoms. The van der Waals surface area contributed by atoms with Crippen LogP contribution in [0.4, 0.5) is 5.69 Å². The molecule has 3 atom stereocenters. The van der Waals surface area contributed by atoms with Gasteiger partial charge in [0.1, 0.15) is 24.1 Å². The smallest absolute Gasteiger partial charge is 0.326 e. The molecular weight excluding hydrogens is 799 g/mol. The second kappa shape index (κ2) is 17.7. The van der Waals surface area contributed by atoms with Gasteiger partial charge in [-0.1, -0.05) is 108 Å². The van der Waals surface area contributed by atoms with Gasteiger partial charge in [-0.3, -0.25) is 14.5 Å². The summed E-state index contributed by atoms with van der Waals surface area (Å²) in [5, 5.41) is 26.1. The summed E-state index contributed by atoms with van der Waals surface area (Å²) < 4.78 is 12.3. The summed E-state index contributed by atoms with van der Waals surface area (Å²) in [6.45, 7) is 1.12. The number of carboxylic acids is 1. The SMILES string of the molecule is N#Cc1ccc(-c2ccc(C[C@H](NC(=O)[C@@H]3Cc4cc5c(cc4CN3Cc3ccccc3)OC(c3ccc(OCc4ccc(Cl)c(Cl)c4)cc3)C(=O)N5)C(=O)O)cc2)cc1. The molecule has 0 radical (unpaired) electrons. The molecule has 1 unspecified atom stereocenters. The van der Waals surface area contributed by atoms with E-state index in [9.17, 15) is 19.5 Å². The van der Waals surface area contributed by atoms with E-state index in [2.05, 4.69) is 16.7 Å². The first-order valence-electron chi connectivity index (χ1n) is 19.3. The van der Waals surface area contributed by atoms with Crippen LogP contribution in [0.15, 0.2) is 133 Å². The van der Waals surface area contributed by atoms with E-state index < -0.39 is 30.1 Å². The van der Waals surface area contributed by atoms with Gasteiger partial charge in [0.2, 0.25) is 12.0 Å². The molecule has 10 nitrogen and oxygen atoms in total. The molecule has 12 heteroatoms. The topological polar surface area (TPSA) is 141 Å². The minimum absolute atomic E-state index is 0.0865. The number of benzene rings is 6. The van der Waals surface area contributed by atoms with Crippen LogP contribution in [0.3, 0.4) is 0 Å². The van der Waals surface area contributed by atoms with Crippen molar-refractivity contribution in [2.45, 2.75) is 50.7 Å². The molecule has 0 aliphatic carbocycles. The van der Waals surface area contributed by atoms with Crippen molar-refractivity contribution in [3.8, 4) is 28.7 Å². The number of halogens is 2. The van der Waals surface area contributed by atoms with Crippen LogP contribution >= 0.6 is 23.2 Å². The van der Waals surface area contributed by atoms with Crippen LogP contribution in [0, 0.1) is 11.3 Å². The molecule has 0 aromatic heterocycles. The van der Waals surface area contributed by atoms with E-state index in [0.717, 1.165) is 38.9 Å². The van der Waals surface area contributed by atoms with E-state index >= 15 is 0 Å². The Morgan fingerprint density at radius 1 is 0.850 bits per heavy atom. The Hall–Kier alpha value is -6.64. The third-order valence-electron chi connectivity index (χ3n) is 10.7. The molecule has 0 fully saturated rings. The summed E-state index contributed by atoms with van der Waals surface area (Å²) in [4.78, 5) is 42.2. The van der Waals surface area contributed by atoms with Crippen molar-refractivity contribution in [2.75, 3.05) is 5.32 Å². The summed E-state index contributed by atoms with van der Waals surface area (Å²) in [5.41, 5.74) is 7.98. The first-order chi connectivity index (χ1) is 29.1. The summed E-state index contributed by atoms with van der Waals surface area (Å²) in [6, 6.07) is 41.0. The maximum Gasteiger partial charge on any atom is 0.326 e. The highest BCUT2D eigenvalue weighted by Crippen LogP contribution is 2.40. The summed E-state index contributed by atoms with van der Waals surface area (Å²) in [5.74, 6) is -0.758. The molecule has 0 spiro atoms. The number of nitrogens with one attached hydrogen (secondary N) is 2. The van der Waals surface area contributed by atoms with Gasteiger partial charge in [0.05, 0.1) is 33.4 Å². The summed E-state index contributed by atoms with van der Waals surface area (Å²) >= 11 is 12.2. The highest BCUT2D eigenvalue weighted by Gasteiger charge is 2.36. The van der Waals surface area contributed by atoms with Crippen LogP contribution in [0.2, 0.25) is 10.0 Å². The quantitative estimate of drug-likeness (QED) is 0.111. The molecule has 0 bridgehead atoms. The minimum atomic E-state index is -1.17. The van der Waals surface area contributed by atoms with Crippen molar-refractivity contribution >= 4 is 46.7 Å².